The summed E-state index contributed by atoms with van der Waals surface area (Å²) in [6, 6.07) is 16.6. The van der Waals surface area contributed by atoms with Gasteiger partial charge in [-0.25, -0.2) is 4.98 Å². The highest BCUT2D eigenvalue weighted by molar-refractivity contribution is 7.13. The van der Waals surface area contributed by atoms with Crippen molar-refractivity contribution >= 4 is 11.3 Å². The molecule has 0 aliphatic carbocycles. The van der Waals surface area contributed by atoms with Crippen LogP contribution < -0.4 is 5.73 Å². The van der Waals surface area contributed by atoms with Crippen LogP contribution in [0, 0.1) is 6.92 Å². The fourth-order valence-corrected chi connectivity index (χ4v) is 3.12. The minimum absolute atomic E-state index is 0.558. The maximum absolute atomic E-state index is 5.70. The van der Waals surface area contributed by atoms with Crippen molar-refractivity contribution in [1.29, 1.82) is 0 Å². The van der Waals surface area contributed by atoms with Crippen LogP contribution in [0.25, 0.3) is 21.8 Å². The Morgan fingerprint density at radius 3 is 2.75 bits per heavy atom. The van der Waals surface area contributed by atoms with E-state index in [9.17, 15) is 0 Å². The SMILES string of the molecule is Cc1ccccc1-c1nc(-c2cccc(CN)c2)cs1. The molecule has 0 atom stereocenters. The number of aryl methyl sites for hydroxylation is 1. The van der Waals surface area contributed by atoms with E-state index in [1.54, 1.807) is 11.3 Å². The first kappa shape index (κ1) is 13.0. The van der Waals surface area contributed by atoms with Crippen molar-refractivity contribution in [2.75, 3.05) is 0 Å². The molecule has 2 nitrogen and oxygen atoms in total. The molecule has 0 amide bonds. The summed E-state index contributed by atoms with van der Waals surface area (Å²) in [6.07, 6.45) is 0. The molecule has 0 saturated heterocycles. The van der Waals surface area contributed by atoms with Gasteiger partial charge in [-0.05, 0) is 24.1 Å². The maximum atomic E-state index is 5.70. The van der Waals surface area contributed by atoms with Crippen molar-refractivity contribution in [3.05, 3.63) is 65.0 Å². The fourth-order valence-electron chi connectivity index (χ4n) is 2.20. The lowest BCUT2D eigenvalue weighted by molar-refractivity contribution is 1.07. The van der Waals surface area contributed by atoms with E-state index in [4.69, 9.17) is 10.7 Å². The quantitative estimate of drug-likeness (QED) is 0.779. The molecule has 2 aromatic carbocycles. The Morgan fingerprint density at radius 1 is 1.10 bits per heavy atom. The average molecular weight is 280 g/mol. The Balaban J connectivity index is 2.00. The van der Waals surface area contributed by atoms with E-state index in [0.29, 0.717) is 6.54 Å². The lowest BCUT2D eigenvalue weighted by atomic mass is 10.1. The van der Waals surface area contributed by atoms with Crippen molar-refractivity contribution in [2.45, 2.75) is 13.5 Å². The lowest BCUT2D eigenvalue weighted by Gasteiger charge is -2.02. The molecular weight excluding hydrogens is 264 g/mol. The molecule has 0 aliphatic rings. The number of nitrogens with zero attached hydrogens (tertiary/aromatic N) is 1. The molecule has 0 bridgehead atoms. The Hall–Kier alpha value is -1.97. The van der Waals surface area contributed by atoms with Crippen molar-refractivity contribution in [3.8, 4) is 21.8 Å². The fraction of sp³-hybridized carbons (Fsp3) is 0.118. The number of aromatic nitrogens is 1. The Kier molecular flexibility index (Phi) is 3.63. The van der Waals surface area contributed by atoms with Gasteiger partial charge < -0.3 is 5.73 Å². The van der Waals surface area contributed by atoms with Crippen LogP contribution in [-0.2, 0) is 6.54 Å². The normalized spacial score (nSPS) is 10.7. The maximum Gasteiger partial charge on any atom is 0.124 e. The Bertz CT molecular complexity index is 731. The lowest BCUT2D eigenvalue weighted by Crippen LogP contribution is -1.95. The molecule has 0 saturated carbocycles. The molecule has 3 aromatic rings. The summed E-state index contributed by atoms with van der Waals surface area (Å²) < 4.78 is 0. The topological polar surface area (TPSA) is 38.9 Å². The van der Waals surface area contributed by atoms with E-state index < -0.39 is 0 Å². The van der Waals surface area contributed by atoms with Gasteiger partial charge in [-0.3, -0.25) is 0 Å². The standard InChI is InChI=1S/C17H16N2S/c1-12-5-2-3-8-15(12)17-19-16(11-20-17)14-7-4-6-13(9-14)10-18/h2-9,11H,10,18H2,1H3. The minimum Gasteiger partial charge on any atom is -0.326 e. The number of benzene rings is 2. The monoisotopic (exact) mass is 280 g/mol. The molecule has 3 rings (SSSR count). The van der Waals surface area contributed by atoms with E-state index in [0.717, 1.165) is 21.8 Å². The van der Waals surface area contributed by atoms with Crippen molar-refractivity contribution in [3.63, 3.8) is 0 Å². The summed E-state index contributed by atoms with van der Waals surface area (Å²) >= 11 is 1.68. The molecule has 0 spiro atoms. The summed E-state index contributed by atoms with van der Waals surface area (Å²) in [4.78, 5) is 4.76. The molecule has 3 heteroatoms. The first-order chi connectivity index (χ1) is 9.78. The highest BCUT2D eigenvalue weighted by Gasteiger charge is 2.08. The molecule has 20 heavy (non-hydrogen) atoms. The van der Waals surface area contributed by atoms with Gasteiger partial charge in [0.05, 0.1) is 5.69 Å². The second-order valence-corrected chi connectivity index (χ2v) is 5.62. The van der Waals surface area contributed by atoms with Crippen molar-refractivity contribution in [1.82, 2.24) is 4.98 Å². The van der Waals surface area contributed by atoms with Crippen LogP contribution in [0.3, 0.4) is 0 Å². The summed E-state index contributed by atoms with van der Waals surface area (Å²) in [5.74, 6) is 0. The van der Waals surface area contributed by atoms with E-state index >= 15 is 0 Å². The van der Waals surface area contributed by atoms with Gasteiger partial charge in [0.15, 0.2) is 0 Å². The van der Waals surface area contributed by atoms with Gasteiger partial charge in [-0.15, -0.1) is 11.3 Å². The molecular formula is C17H16N2S. The van der Waals surface area contributed by atoms with Gasteiger partial charge in [0.2, 0.25) is 0 Å². The van der Waals surface area contributed by atoms with Crippen LogP contribution in [0.15, 0.2) is 53.9 Å². The molecule has 0 aliphatic heterocycles. The number of rotatable bonds is 3. The molecule has 0 unspecified atom stereocenters. The van der Waals surface area contributed by atoms with Crippen molar-refractivity contribution < 1.29 is 0 Å². The minimum atomic E-state index is 0.558. The predicted molar refractivity (Wildman–Crippen MR) is 85.6 cm³/mol. The number of hydrogen-bond donors (Lipinski definition) is 1. The van der Waals surface area contributed by atoms with E-state index in [1.807, 2.05) is 12.1 Å². The summed E-state index contributed by atoms with van der Waals surface area (Å²) in [7, 11) is 0. The van der Waals surface area contributed by atoms with E-state index in [1.165, 1.54) is 11.1 Å². The Morgan fingerprint density at radius 2 is 1.95 bits per heavy atom. The smallest absolute Gasteiger partial charge is 0.124 e. The first-order valence-corrected chi connectivity index (χ1v) is 7.47. The first-order valence-electron chi connectivity index (χ1n) is 6.59. The van der Waals surface area contributed by atoms with Crippen molar-refractivity contribution in [2.24, 2.45) is 5.73 Å². The molecule has 0 fully saturated rings. The van der Waals surface area contributed by atoms with Gasteiger partial charge in [0.25, 0.3) is 0 Å². The highest BCUT2D eigenvalue weighted by Crippen LogP contribution is 2.30. The van der Waals surface area contributed by atoms with E-state index in [2.05, 4.69) is 48.7 Å². The van der Waals surface area contributed by atoms with Gasteiger partial charge in [-0.2, -0.15) is 0 Å². The van der Waals surface area contributed by atoms with Gasteiger partial charge in [-0.1, -0.05) is 42.5 Å². The summed E-state index contributed by atoms with van der Waals surface area (Å²) in [6.45, 7) is 2.67. The second kappa shape index (κ2) is 5.57. The van der Waals surface area contributed by atoms with Gasteiger partial charge in [0, 0.05) is 23.1 Å². The Labute approximate surface area is 122 Å². The zero-order valence-electron chi connectivity index (χ0n) is 11.3. The third-order valence-electron chi connectivity index (χ3n) is 3.34. The third kappa shape index (κ3) is 2.50. The second-order valence-electron chi connectivity index (χ2n) is 4.76. The molecule has 0 radical (unpaired) electrons. The molecule has 2 N–H and O–H groups in total. The zero-order valence-corrected chi connectivity index (χ0v) is 12.2. The zero-order chi connectivity index (χ0) is 13.9. The van der Waals surface area contributed by atoms with Gasteiger partial charge >= 0.3 is 0 Å². The van der Waals surface area contributed by atoms with Crippen LogP contribution in [0.4, 0.5) is 0 Å². The third-order valence-corrected chi connectivity index (χ3v) is 4.21. The molecule has 100 valence electrons. The number of hydrogen-bond acceptors (Lipinski definition) is 3. The summed E-state index contributed by atoms with van der Waals surface area (Å²) in [5, 5.41) is 3.17. The van der Waals surface area contributed by atoms with Crippen LogP contribution in [0.2, 0.25) is 0 Å². The van der Waals surface area contributed by atoms with Crippen LogP contribution >= 0.6 is 11.3 Å². The largest absolute Gasteiger partial charge is 0.326 e. The van der Waals surface area contributed by atoms with E-state index in [-0.39, 0.29) is 0 Å². The highest BCUT2D eigenvalue weighted by atomic mass is 32.1. The summed E-state index contributed by atoms with van der Waals surface area (Å²) in [5.41, 5.74) is 11.4. The number of thiazole rings is 1. The molecule has 1 aromatic heterocycles. The van der Waals surface area contributed by atoms with Gasteiger partial charge in [0.1, 0.15) is 5.01 Å². The molecule has 1 heterocycles. The average Bonchev–Trinajstić information content (AvgIpc) is 2.97. The van der Waals surface area contributed by atoms with Crippen LogP contribution in [0.1, 0.15) is 11.1 Å². The predicted octanol–water partition coefficient (Wildman–Crippen LogP) is 4.24. The number of nitrogens with two attached hydrogens (primary N) is 1. The van der Waals surface area contributed by atoms with Crippen LogP contribution in [-0.4, -0.2) is 4.98 Å². The van der Waals surface area contributed by atoms with Crippen LogP contribution in [0.5, 0.6) is 0 Å².